The molecular formula is C30H40FN5O2. The number of anilines is 1. The Labute approximate surface area is 225 Å². The fraction of sp³-hybridized carbons (Fsp3) is 0.567. The van der Waals surface area contributed by atoms with E-state index >= 15 is 0 Å². The molecule has 0 aliphatic carbocycles. The van der Waals surface area contributed by atoms with Crippen molar-refractivity contribution in [1.82, 2.24) is 14.8 Å². The van der Waals surface area contributed by atoms with Crippen LogP contribution in [0.1, 0.15) is 85.9 Å². The zero-order chi connectivity index (χ0) is 27.2. The molecular weight excluding hydrogens is 481 g/mol. The average Bonchev–Trinajstić information content (AvgIpc) is 3.37. The highest BCUT2D eigenvalue weighted by molar-refractivity contribution is 5.77. The lowest BCUT2D eigenvalue weighted by Gasteiger charge is -2.28. The highest BCUT2D eigenvalue weighted by atomic mass is 19.1. The largest absolute Gasteiger partial charge is 0.480 e. The Kier molecular flexibility index (Phi) is 9.35. The van der Waals surface area contributed by atoms with Gasteiger partial charge in [0.15, 0.2) is 0 Å². The van der Waals surface area contributed by atoms with Crippen molar-refractivity contribution in [2.24, 2.45) is 0 Å². The second kappa shape index (κ2) is 12.7. The standard InChI is InChI=1S/C30H40FN5O2/c1-20(2)22-16-25(26(18-32)27(31)17-22)28(30(37)38)36-15-12-24(19-36)35(3)14-6-4-5-9-23-11-10-21-8-7-13-33-29(21)34-23/h10-11,16-17,20,24,28H,4-9,12-15,19H2,1-3H3,(H,33,34)(H,37,38)/t24-,28-/m1/s1. The van der Waals surface area contributed by atoms with Gasteiger partial charge in [0.1, 0.15) is 23.7 Å². The quantitative estimate of drug-likeness (QED) is 0.397. The van der Waals surface area contributed by atoms with Gasteiger partial charge in [0, 0.05) is 36.9 Å². The molecule has 3 heterocycles. The van der Waals surface area contributed by atoms with Gasteiger partial charge in [-0.1, -0.05) is 32.4 Å². The number of likely N-dealkylation sites (tertiary alicyclic amines) is 1. The van der Waals surface area contributed by atoms with Gasteiger partial charge in [0.25, 0.3) is 0 Å². The summed E-state index contributed by atoms with van der Waals surface area (Å²) in [7, 11) is 2.10. The van der Waals surface area contributed by atoms with Crippen molar-refractivity contribution < 1.29 is 14.3 Å². The number of carbonyl (C=O) groups is 1. The molecule has 38 heavy (non-hydrogen) atoms. The predicted molar refractivity (Wildman–Crippen MR) is 147 cm³/mol. The van der Waals surface area contributed by atoms with Crippen LogP contribution in [0.2, 0.25) is 0 Å². The summed E-state index contributed by atoms with van der Waals surface area (Å²) in [6.45, 7) is 6.99. The third-order valence-electron chi connectivity index (χ3n) is 8.03. The Bertz CT molecular complexity index is 1180. The maximum Gasteiger partial charge on any atom is 0.325 e. The summed E-state index contributed by atoms with van der Waals surface area (Å²) in [4.78, 5) is 21.4. The fourth-order valence-electron chi connectivity index (χ4n) is 5.70. The summed E-state index contributed by atoms with van der Waals surface area (Å²) < 4.78 is 14.7. The molecule has 0 unspecified atom stereocenters. The fourth-order valence-corrected chi connectivity index (χ4v) is 5.70. The van der Waals surface area contributed by atoms with Crippen molar-refractivity contribution in [3.05, 3.63) is 58.0 Å². The summed E-state index contributed by atoms with van der Waals surface area (Å²) in [6, 6.07) is 8.53. The van der Waals surface area contributed by atoms with Gasteiger partial charge >= 0.3 is 5.97 Å². The van der Waals surface area contributed by atoms with Gasteiger partial charge in [-0.3, -0.25) is 9.69 Å². The van der Waals surface area contributed by atoms with Crippen molar-refractivity contribution in [3.63, 3.8) is 0 Å². The van der Waals surface area contributed by atoms with Crippen LogP contribution in [-0.2, 0) is 17.6 Å². The van der Waals surface area contributed by atoms with Crippen LogP contribution in [0.15, 0.2) is 24.3 Å². The minimum Gasteiger partial charge on any atom is -0.480 e. The second-order valence-corrected chi connectivity index (χ2v) is 11.0. The normalized spacial score (nSPS) is 18.3. The third kappa shape index (κ3) is 6.51. The minimum absolute atomic E-state index is 0.0302. The number of hydrogen-bond acceptors (Lipinski definition) is 6. The van der Waals surface area contributed by atoms with E-state index in [2.05, 4.69) is 29.4 Å². The van der Waals surface area contributed by atoms with Crippen molar-refractivity contribution in [2.75, 3.05) is 38.5 Å². The monoisotopic (exact) mass is 521 g/mol. The Hall–Kier alpha value is -3.02. The van der Waals surface area contributed by atoms with Gasteiger partial charge in [-0.2, -0.15) is 5.26 Å². The van der Waals surface area contributed by atoms with E-state index in [0.29, 0.717) is 18.7 Å². The highest BCUT2D eigenvalue weighted by Gasteiger charge is 2.37. The number of carboxylic acids is 1. The van der Waals surface area contributed by atoms with Crippen LogP contribution < -0.4 is 5.32 Å². The number of rotatable bonds is 11. The molecule has 2 atom stereocenters. The Morgan fingerprint density at radius 2 is 2.13 bits per heavy atom. The van der Waals surface area contributed by atoms with Crippen LogP contribution in [-0.4, -0.2) is 65.1 Å². The molecule has 2 N–H and O–H groups in total. The summed E-state index contributed by atoms with van der Waals surface area (Å²) in [5.41, 5.74) is 3.27. The van der Waals surface area contributed by atoms with Crippen molar-refractivity contribution in [1.29, 1.82) is 5.26 Å². The minimum atomic E-state index is -1.05. The number of fused-ring (bicyclic) bond motifs is 1. The first-order chi connectivity index (χ1) is 18.3. The van der Waals surface area contributed by atoms with Crippen molar-refractivity contribution in [2.45, 2.75) is 76.8 Å². The van der Waals surface area contributed by atoms with Gasteiger partial charge in [-0.25, -0.2) is 9.37 Å². The van der Waals surface area contributed by atoms with E-state index in [0.717, 1.165) is 63.1 Å². The summed E-state index contributed by atoms with van der Waals surface area (Å²) >= 11 is 0. The number of aromatic nitrogens is 1. The molecule has 2 aromatic rings. The number of nitrogens with zero attached hydrogens (tertiary/aromatic N) is 4. The number of aryl methyl sites for hydroxylation is 2. The second-order valence-electron chi connectivity index (χ2n) is 11.0. The van der Waals surface area contributed by atoms with Crippen molar-refractivity contribution >= 4 is 11.8 Å². The van der Waals surface area contributed by atoms with E-state index in [1.165, 1.54) is 18.1 Å². The SMILES string of the molecule is CC(C)c1cc(F)c(C#N)c([C@H](C(=O)O)N2CC[C@@H](N(C)CCCCCc3ccc4c(n3)NCCC4)C2)c1. The molecule has 204 valence electrons. The number of nitriles is 1. The molecule has 8 heteroatoms. The number of halogens is 1. The van der Waals surface area contributed by atoms with Crippen LogP contribution in [0.5, 0.6) is 0 Å². The van der Waals surface area contributed by atoms with E-state index in [9.17, 15) is 19.6 Å². The molecule has 1 aromatic carbocycles. The number of hydrogen-bond donors (Lipinski definition) is 2. The summed E-state index contributed by atoms with van der Waals surface area (Å²) in [5.74, 6) is -0.604. The Balaban J connectivity index is 1.30. The van der Waals surface area contributed by atoms with E-state index in [-0.39, 0.29) is 23.1 Å². The van der Waals surface area contributed by atoms with Crippen molar-refractivity contribution in [3.8, 4) is 6.07 Å². The smallest absolute Gasteiger partial charge is 0.325 e. The zero-order valence-electron chi connectivity index (χ0n) is 22.8. The van der Waals surface area contributed by atoms with Crippen LogP contribution in [0.4, 0.5) is 10.2 Å². The lowest BCUT2D eigenvalue weighted by atomic mass is 9.92. The predicted octanol–water partition coefficient (Wildman–Crippen LogP) is 5.12. The molecule has 2 aliphatic rings. The molecule has 2 aliphatic heterocycles. The van der Waals surface area contributed by atoms with E-state index in [1.807, 2.05) is 24.8 Å². The van der Waals surface area contributed by atoms with Gasteiger partial charge in [0.2, 0.25) is 0 Å². The molecule has 1 aromatic heterocycles. The molecule has 1 saturated heterocycles. The number of carboxylic acid groups (broad SMARTS) is 1. The third-order valence-corrected chi connectivity index (χ3v) is 8.03. The Morgan fingerprint density at radius 1 is 1.32 bits per heavy atom. The molecule has 0 saturated carbocycles. The molecule has 0 bridgehead atoms. The first kappa shape index (κ1) is 28.0. The number of likely N-dealkylation sites (N-methyl/N-ethyl adjacent to an activating group) is 1. The molecule has 0 amide bonds. The Morgan fingerprint density at radius 3 is 2.87 bits per heavy atom. The number of benzene rings is 1. The molecule has 1 fully saturated rings. The van der Waals surface area contributed by atoms with E-state index < -0.39 is 17.8 Å². The summed E-state index contributed by atoms with van der Waals surface area (Å²) in [5, 5.41) is 23.1. The van der Waals surface area contributed by atoms with Gasteiger partial charge in [-0.15, -0.1) is 0 Å². The first-order valence-corrected chi connectivity index (χ1v) is 13.9. The summed E-state index contributed by atoms with van der Waals surface area (Å²) in [6.07, 6.45) is 7.36. The maximum atomic E-state index is 14.7. The van der Waals surface area contributed by atoms with E-state index in [1.54, 1.807) is 6.07 Å². The molecule has 7 nitrogen and oxygen atoms in total. The van der Waals surface area contributed by atoms with Gasteiger partial charge in [-0.05, 0) is 81.3 Å². The number of unbranched alkanes of at least 4 members (excludes halogenated alkanes) is 2. The zero-order valence-corrected chi connectivity index (χ0v) is 22.8. The van der Waals surface area contributed by atoms with Crippen LogP contribution in [0.3, 0.4) is 0 Å². The number of pyridine rings is 1. The highest BCUT2D eigenvalue weighted by Crippen LogP contribution is 2.33. The first-order valence-electron chi connectivity index (χ1n) is 13.9. The topological polar surface area (TPSA) is 92.5 Å². The van der Waals surface area contributed by atoms with E-state index in [4.69, 9.17) is 4.98 Å². The average molecular weight is 522 g/mol. The van der Waals surface area contributed by atoms with Crippen LogP contribution >= 0.6 is 0 Å². The van der Waals surface area contributed by atoms with Crippen LogP contribution in [0.25, 0.3) is 0 Å². The maximum absolute atomic E-state index is 14.7. The number of nitrogens with one attached hydrogen (secondary N) is 1. The number of aliphatic carboxylic acids is 1. The lowest BCUT2D eigenvalue weighted by molar-refractivity contribution is -0.143. The van der Waals surface area contributed by atoms with Crippen LogP contribution in [0, 0.1) is 17.1 Å². The van der Waals surface area contributed by atoms with Gasteiger partial charge in [0.05, 0.1) is 5.56 Å². The lowest BCUT2D eigenvalue weighted by Crippen LogP contribution is -2.38. The molecule has 0 radical (unpaired) electrons. The molecule has 4 rings (SSSR count). The molecule has 0 spiro atoms. The van der Waals surface area contributed by atoms with Gasteiger partial charge < -0.3 is 15.3 Å².